The highest BCUT2D eigenvalue weighted by molar-refractivity contribution is 5.98. The van der Waals surface area contributed by atoms with Gasteiger partial charge in [0.15, 0.2) is 5.82 Å². The predicted octanol–water partition coefficient (Wildman–Crippen LogP) is 1.89. The summed E-state index contributed by atoms with van der Waals surface area (Å²) in [5.41, 5.74) is 1.15. The van der Waals surface area contributed by atoms with E-state index in [0.29, 0.717) is 16.9 Å². The largest absolute Gasteiger partial charge is 0.351 e. The fourth-order valence-corrected chi connectivity index (χ4v) is 3.24. The molecule has 1 aromatic carbocycles. The Bertz CT molecular complexity index is 843. The van der Waals surface area contributed by atoms with Crippen molar-refractivity contribution in [2.24, 2.45) is 0 Å². The molecule has 1 amide bonds. The van der Waals surface area contributed by atoms with Gasteiger partial charge in [0.2, 0.25) is 0 Å². The molecule has 23 heavy (non-hydrogen) atoms. The molecule has 0 radical (unpaired) electrons. The Morgan fingerprint density at radius 2 is 2.22 bits per heavy atom. The molecule has 2 heterocycles. The number of tetrazole rings is 1. The second-order valence-electron chi connectivity index (χ2n) is 5.80. The van der Waals surface area contributed by atoms with Crippen LogP contribution < -0.4 is 5.32 Å². The Labute approximate surface area is 130 Å². The summed E-state index contributed by atoms with van der Waals surface area (Å²) >= 11 is 0. The first-order valence-electron chi connectivity index (χ1n) is 7.53. The second-order valence-corrected chi connectivity index (χ2v) is 5.80. The molecular weight excluding hydrogens is 299 g/mol. The van der Waals surface area contributed by atoms with Crippen LogP contribution in [-0.4, -0.2) is 37.6 Å². The molecule has 8 heteroatoms. The van der Waals surface area contributed by atoms with Gasteiger partial charge in [0.05, 0.1) is 0 Å². The van der Waals surface area contributed by atoms with Crippen LogP contribution in [-0.2, 0) is 0 Å². The molecule has 118 valence electrons. The number of aromatic amines is 2. The predicted molar refractivity (Wildman–Crippen MR) is 80.3 cm³/mol. The van der Waals surface area contributed by atoms with Gasteiger partial charge >= 0.3 is 0 Å². The Balaban J connectivity index is 1.54. The van der Waals surface area contributed by atoms with E-state index in [4.69, 9.17) is 0 Å². The van der Waals surface area contributed by atoms with E-state index in [1.807, 2.05) is 0 Å². The lowest BCUT2D eigenvalue weighted by molar-refractivity contribution is 0.0929. The van der Waals surface area contributed by atoms with Gasteiger partial charge in [0.25, 0.3) is 5.91 Å². The van der Waals surface area contributed by atoms with E-state index < -0.39 is 0 Å². The van der Waals surface area contributed by atoms with Gasteiger partial charge in [0.1, 0.15) is 11.5 Å². The fourth-order valence-electron chi connectivity index (χ4n) is 3.24. The van der Waals surface area contributed by atoms with Crippen LogP contribution in [0.3, 0.4) is 0 Å². The Morgan fingerprint density at radius 3 is 3.04 bits per heavy atom. The monoisotopic (exact) mass is 314 g/mol. The topological polar surface area (TPSA) is 99.3 Å². The second kappa shape index (κ2) is 5.45. The quantitative estimate of drug-likeness (QED) is 0.687. The molecule has 7 nitrogen and oxygen atoms in total. The Kier molecular flexibility index (Phi) is 3.29. The molecule has 3 N–H and O–H groups in total. The van der Waals surface area contributed by atoms with Crippen LogP contribution in [0.5, 0.6) is 0 Å². The van der Waals surface area contributed by atoms with Crippen LogP contribution in [0.1, 0.15) is 41.5 Å². The van der Waals surface area contributed by atoms with Crippen LogP contribution in [0.4, 0.5) is 4.39 Å². The third-order valence-corrected chi connectivity index (χ3v) is 4.35. The van der Waals surface area contributed by atoms with Gasteiger partial charge < -0.3 is 10.3 Å². The zero-order chi connectivity index (χ0) is 15.8. The highest BCUT2D eigenvalue weighted by atomic mass is 19.1. The number of hydrogen-bond donors (Lipinski definition) is 3. The van der Waals surface area contributed by atoms with E-state index in [0.717, 1.165) is 24.8 Å². The van der Waals surface area contributed by atoms with Crippen LogP contribution in [0.25, 0.3) is 10.9 Å². The van der Waals surface area contributed by atoms with Gasteiger partial charge in [-0.1, -0.05) is 11.6 Å². The lowest BCUT2D eigenvalue weighted by Crippen LogP contribution is -2.37. The van der Waals surface area contributed by atoms with Crippen LogP contribution in [0.15, 0.2) is 24.3 Å². The minimum absolute atomic E-state index is 0.0248. The van der Waals surface area contributed by atoms with Crippen molar-refractivity contribution in [1.29, 1.82) is 0 Å². The minimum Gasteiger partial charge on any atom is -0.351 e. The molecule has 1 fully saturated rings. The molecule has 1 aliphatic rings. The average Bonchev–Trinajstić information content (AvgIpc) is 3.26. The highest BCUT2D eigenvalue weighted by Gasteiger charge is 2.33. The number of amides is 1. The van der Waals surface area contributed by atoms with E-state index in [-0.39, 0.29) is 23.7 Å². The van der Waals surface area contributed by atoms with Gasteiger partial charge in [-0.05, 0) is 37.1 Å². The Morgan fingerprint density at radius 1 is 1.30 bits per heavy atom. The van der Waals surface area contributed by atoms with Crippen molar-refractivity contribution < 1.29 is 9.18 Å². The summed E-state index contributed by atoms with van der Waals surface area (Å²) in [5.74, 6) is 0.171. The smallest absolute Gasteiger partial charge is 0.267 e. The number of fused-ring (bicyclic) bond motifs is 1. The van der Waals surface area contributed by atoms with Crippen molar-refractivity contribution >= 4 is 16.8 Å². The first kappa shape index (κ1) is 13.9. The lowest BCUT2D eigenvalue weighted by atomic mass is 10.0. The first-order valence-corrected chi connectivity index (χ1v) is 7.53. The molecule has 0 saturated heterocycles. The SMILES string of the molecule is O=C(NC1CCCC1c1nn[nH]n1)c1cc2cc(F)ccc2[nH]1. The summed E-state index contributed by atoms with van der Waals surface area (Å²) in [5, 5.41) is 17.8. The summed E-state index contributed by atoms with van der Waals surface area (Å²) in [6.45, 7) is 0. The van der Waals surface area contributed by atoms with Gasteiger partial charge in [-0.2, -0.15) is 5.21 Å². The molecule has 4 rings (SSSR count). The molecule has 2 unspecified atom stereocenters. The number of nitrogens with zero attached hydrogens (tertiary/aromatic N) is 3. The fraction of sp³-hybridized carbons (Fsp3) is 0.333. The maximum Gasteiger partial charge on any atom is 0.267 e. The van der Waals surface area contributed by atoms with Gasteiger partial charge in [-0.3, -0.25) is 4.79 Å². The molecule has 1 saturated carbocycles. The molecule has 3 aromatic rings. The summed E-state index contributed by atoms with van der Waals surface area (Å²) in [4.78, 5) is 15.5. The maximum atomic E-state index is 13.2. The summed E-state index contributed by atoms with van der Waals surface area (Å²) in [7, 11) is 0. The number of halogens is 1. The number of benzene rings is 1. The van der Waals surface area contributed by atoms with Crippen molar-refractivity contribution in [1.82, 2.24) is 30.9 Å². The summed E-state index contributed by atoms with van der Waals surface area (Å²) < 4.78 is 13.2. The normalized spacial score (nSPS) is 20.9. The molecule has 1 aliphatic carbocycles. The zero-order valence-electron chi connectivity index (χ0n) is 12.2. The lowest BCUT2D eigenvalue weighted by Gasteiger charge is -2.17. The molecule has 2 aromatic heterocycles. The number of nitrogens with one attached hydrogen (secondary N) is 3. The van der Waals surface area contributed by atoms with Crippen molar-refractivity contribution in [3.05, 3.63) is 41.6 Å². The highest BCUT2D eigenvalue weighted by Crippen LogP contribution is 2.32. The number of rotatable bonds is 3. The van der Waals surface area contributed by atoms with Crippen LogP contribution in [0, 0.1) is 5.82 Å². The van der Waals surface area contributed by atoms with E-state index >= 15 is 0 Å². The van der Waals surface area contributed by atoms with E-state index in [1.54, 1.807) is 12.1 Å². The molecule has 2 atom stereocenters. The minimum atomic E-state index is -0.323. The average molecular weight is 314 g/mol. The molecule has 0 spiro atoms. The van der Waals surface area contributed by atoms with Crippen LogP contribution >= 0.6 is 0 Å². The molecular formula is C15H15FN6O. The number of H-pyrrole nitrogens is 2. The van der Waals surface area contributed by atoms with Gasteiger partial charge in [0, 0.05) is 22.9 Å². The molecule has 0 aliphatic heterocycles. The van der Waals surface area contributed by atoms with Gasteiger partial charge in [-0.25, -0.2) is 4.39 Å². The number of hydrogen-bond acceptors (Lipinski definition) is 4. The Hall–Kier alpha value is -2.77. The zero-order valence-corrected chi connectivity index (χ0v) is 12.2. The first-order chi connectivity index (χ1) is 11.2. The van der Waals surface area contributed by atoms with E-state index in [1.165, 1.54) is 12.1 Å². The number of aromatic nitrogens is 5. The van der Waals surface area contributed by atoms with Crippen molar-refractivity contribution in [3.63, 3.8) is 0 Å². The third kappa shape index (κ3) is 2.56. The summed E-state index contributed by atoms with van der Waals surface area (Å²) in [6, 6.07) is 6.03. The van der Waals surface area contributed by atoms with Gasteiger partial charge in [-0.15, -0.1) is 10.2 Å². The summed E-state index contributed by atoms with van der Waals surface area (Å²) in [6.07, 6.45) is 2.80. The van der Waals surface area contributed by atoms with E-state index in [9.17, 15) is 9.18 Å². The van der Waals surface area contributed by atoms with Crippen molar-refractivity contribution in [2.75, 3.05) is 0 Å². The third-order valence-electron chi connectivity index (χ3n) is 4.35. The van der Waals surface area contributed by atoms with E-state index in [2.05, 4.69) is 30.9 Å². The van der Waals surface area contributed by atoms with Crippen LogP contribution in [0.2, 0.25) is 0 Å². The van der Waals surface area contributed by atoms with Crippen molar-refractivity contribution in [2.45, 2.75) is 31.2 Å². The van der Waals surface area contributed by atoms with Crippen molar-refractivity contribution in [3.8, 4) is 0 Å². The number of carbonyl (C=O) groups is 1. The maximum absolute atomic E-state index is 13.2. The molecule has 0 bridgehead atoms. The number of carbonyl (C=O) groups excluding carboxylic acids is 1. The standard InChI is InChI=1S/C15H15FN6O/c16-9-4-5-11-8(6-9)7-13(17-11)15(23)18-12-3-1-2-10(12)14-19-21-22-20-14/h4-7,10,12,17H,1-3H2,(H,18,23)(H,19,20,21,22).